The minimum atomic E-state index is -0.0722. The molecule has 3 aromatic carbocycles. The molecule has 0 spiro atoms. The number of H-pyrrole nitrogens is 1. The van der Waals surface area contributed by atoms with Gasteiger partial charge < -0.3 is 4.98 Å². The Bertz CT molecular complexity index is 1360. The molecule has 0 saturated heterocycles. The Kier molecular flexibility index (Phi) is 4.06. The highest BCUT2D eigenvalue weighted by Gasteiger charge is 2.13. The third-order valence-corrected chi connectivity index (χ3v) is 5.97. The van der Waals surface area contributed by atoms with E-state index in [2.05, 4.69) is 66.5 Å². The highest BCUT2D eigenvalue weighted by atomic mass is 32.1. The van der Waals surface area contributed by atoms with E-state index in [9.17, 15) is 4.79 Å². The zero-order valence-electron chi connectivity index (χ0n) is 15.4. The maximum absolute atomic E-state index is 12.9. The maximum atomic E-state index is 12.9. The summed E-state index contributed by atoms with van der Waals surface area (Å²) >= 11 is 1.52. The number of hydrogen-bond acceptors (Lipinski definition) is 3. The number of fused-ring (bicyclic) bond motifs is 2. The molecule has 0 aliphatic carbocycles. The molecule has 2 aromatic heterocycles. The van der Waals surface area contributed by atoms with E-state index >= 15 is 0 Å². The van der Waals surface area contributed by atoms with Crippen molar-refractivity contribution in [2.75, 3.05) is 0 Å². The molecule has 5 aromatic rings. The molecule has 0 aliphatic heterocycles. The molecule has 2 heterocycles. The van der Waals surface area contributed by atoms with E-state index in [0.29, 0.717) is 17.6 Å². The lowest BCUT2D eigenvalue weighted by Gasteiger charge is -2.07. The van der Waals surface area contributed by atoms with Crippen LogP contribution in [0, 0.1) is 6.92 Å². The van der Waals surface area contributed by atoms with E-state index < -0.39 is 0 Å². The Morgan fingerprint density at radius 3 is 2.61 bits per heavy atom. The number of aromatic amines is 1. The average molecular weight is 382 g/mol. The number of rotatable bonds is 3. The summed E-state index contributed by atoms with van der Waals surface area (Å²) in [6.45, 7) is 2.06. The largest absolute Gasteiger partial charge is 0.310 e. The lowest BCUT2D eigenvalue weighted by molar-refractivity contribution is 0.983. The van der Waals surface area contributed by atoms with Crippen molar-refractivity contribution in [2.45, 2.75) is 13.3 Å². The first-order valence-electron chi connectivity index (χ1n) is 9.23. The highest BCUT2D eigenvalue weighted by molar-refractivity contribution is 7.17. The average Bonchev–Trinajstić information content (AvgIpc) is 3.13. The second kappa shape index (κ2) is 6.73. The van der Waals surface area contributed by atoms with Crippen LogP contribution in [0.25, 0.3) is 32.1 Å². The van der Waals surface area contributed by atoms with Crippen LogP contribution in [0.3, 0.4) is 0 Å². The summed E-state index contributed by atoms with van der Waals surface area (Å²) in [5.74, 6) is 0.700. The van der Waals surface area contributed by atoms with E-state index in [1.165, 1.54) is 27.7 Å². The van der Waals surface area contributed by atoms with E-state index in [1.807, 2.05) is 17.5 Å². The first-order chi connectivity index (χ1) is 13.7. The zero-order chi connectivity index (χ0) is 19.1. The molecule has 0 amide bonds. The summed E-state index contributed by atoms with van der Waals surface area (Å²) in [7, 11) is 0. The number of benzene rings is 3. The molecule has 0 unspecified atom stereocenters. The molecule has 0 radical (unpaired) electrons. The fourth-order valence-electron chi connectivity index (χ4n) is 3.65. The van der Waals surface area contributed by atoms with Gasteiger partial charge in [-0.1, -0.05) is 72.3 Å². The lowest BCUT2D eigenvalue weighted by atomic mass is 10.0. The normalized spacial score (nSPS) is 11.3. The summed E-state index contributed by atoms with van der Waals surface area (Å²) in [5, 5.41) is 5.09. The molecule has 0 aliphatic rings. The van der Waals surface area contributed by atoms with Crippen molar-refractivity contribution >= 4 is 32.3 Å². The summed E-state index contributed by atoms with van der Waals surface area (Å²) in [5.41, 5.74) is 4.29. The van der Waals surface area contributed by atoms with Crippen LogP contribution in [0.4, 0.5) is 0 Å². The minimum Gasteiger partial charge on any atom is -0.310 e. The Hall–Kier alpha value is -3.24. The van der Waals surface area contributed by atoms with Gasteiger partial charge in [-0.25, -0.2) is 4.98 Å². The van der Waals surface area contributed by atoms with E-state index in [4.69, 9.17) is 4.98 Å². The number of aryl methyl sites for hydroxylation is 1. The topological polar surface area (TPSA) is 45.8 Å². The van der Waals surface area contributed by atoms with Crippen LogP contribution in [0.2, 0.25) is 0 Å². The van der Waals surface area contributed by atoms with Crippen LogP contribution in [0.1, 0.15) is 17.0 Å². The molecule has 0 saturated carbocycles. The number of thiophene rings is 1. The van der Waals surface area contributed by atoms with Crippen LogP contribution in [-0.2, 0) is 6.42 Å². The van der Waals surface area contributed by atoms with Gasteiger partial charge in [0.15, 0.2) is 0 Å². The van der Waals surface area contributed by atoms with Crippen molar-refractivity contribution in [1.29, 1.82) is 0 Å². The van der Waals surface area contributed by atoms with Gasteiger partial charge >= 0.3 is 0 Å². The fraction of sp³-hybridized carbons (Fsp3) is 0.0833. The number of aromatic nitrogens is 2. The van der Waals surface area contributed by atoms with Gasteiger partial charge in [-0.3, -0.25) is 4.79 Å². The van der Waals surface area contributed by atoms with Gasteiger partial charge in [0.2, 0.25) is 0 Å². The molecule has 28 heavy (non-hydrogen) atoms. The van der Waals surface area contributed by atoms with Gasteiger partial charge in [0.25, 0.3) is 5.56 Å². The smallest absolute Gasteiger partial charge is 0.260 e. The number of hydrogen-bond donors (Lipinski definition) is 1. The van der Waals surface area contributed by atoms with Crippen molar-refractivity contribution in [3.63, 3.8) is 0 Å². The van der Waals surface area contributed by atoms with Gasteiger partial charge in [0, 0.05) is 17.4 Å². The molecule has 0 atom stereocenters. The van der Waals surface area contributed by atoms with Gasteiger partial charge in [-0.15, -0.1) is 11.3 Å². The SMILES string of the molecule is Cc1ccc(-c2csc3nc(Cc4cccc5ccccc45)[nH]c(=O)c23)cc1. The quantitative estimate of drug-likeness (QED) is 0.435. The molecule has 3 nitrogen and oxygen atoms in total. The van der Waals surface area contributed by atoms with Crippen LogP contribution < -0.4 is 5.56 Å². The molecule has 136 valence electrons. The Morgan fingerprint density at radius 2 is 1.75 bits per heavy atom. The van der Waals surface area contributed by atoms with Gasteiger partial charge in [0.05, 0.1) is 5.39 Å². The zero-order valence-corrected chi connectivity index (χ0v) is 16.2. The predicted octanol–water partition coefficient (Wildman–Crippen LogP) is 5.70. The Morgan fingerprint density at radius 1 is 0.964 bits per heavy atom. The maximum Gasteiger partial charge on any atom is 0.260 e. The second-order valence-electron chi connectivity index (χ2n) is 7.02. The van der Waals surface area contributed by atoms with E-state index in [0.717, 1.165) is 21.5 Å². The number of nitrogens with zero attached hydrogens (tertiary/aromatic N) is 1. The lowest BCUT2D eigenvalue weighted by Crippen LogP contribution is -2.11. The summed E-state index contributed by atoms with van der Waals surface area (Å²) < 4.78 is 0. The first kappa shape index (κ1) is 16.9. The molecule has 5 rings (SSSR count). The van der Waals surface area contributed by atoms with Crippen LogP contribution in [0.15, 0.2) is 76.9 Å². The third-order valence-electron chi connectivity index (χ3n) is 5.09. The molecule has 4 heteroatoms. The van der Waals surface area contributed by atoms with Crippen LogP contribution >= 0.6 is 11.3 Å². The van der Waals surface area contributed by atoms with Crippen molar-refractivity contribution in [2.24, 2.45) is 0 Å². The molecular weight excluding hydrogens is 364 g/mol. The number of nitrogens with one attached hydrogen (secondary N) is 1. The van der Waals surface area contributed by atoms with Crippen molar-refractivity contribution in [3.05, 3.63) is 99.4 Å². The van der Waals surface area contributed by atoms with Crippen LogP contribution in [-0.4, -0.2) is 9.97 Å². The van der Waals surface area contributed by atoms with Crippen molar-refractivity contribution in [1.82, 2.24) is 9.97 Å². The van der Waals surface area contributed by atoms with Crippen molar-refractivity contribution < 1.29 is 0 Å². The van der Waals surface area contributed by atoms with Gasteiger partial charge in [0.1, 0.15) is 10.7 Å². The van der Waals surface area contributed by atoms with E-state index in [1.54, 1.807) is 0 Å². The summed E-state index contributed by atoms with van der Waals surface area (Å²) in [6.07, 6.45) is 0.601. The standard InChI is InChI=1S/C24H18N2OS/c1-15-9-11-17(12-10-15)20-14-28-24-22(20)23(27)25-21(26-24)13-18-7-4-6-16-5-2-3-8-19(16)18/h2-12,14H,13H2,1H3,(H,25,26,27). The van der Waals surface area contributed by atoms with Gasteiger partial charge in [-0.05, 0) is 28.8 Å². The molecule has 0 fully saturated rings. The molecular formula is C24H18N2OS. The highest BCUT2D eigenvalue weighted by Crippen LogP contribution is 2.31. The monoisotopic (exact) mass is 382 g/mol. The molecule has 1 N–H and O–H groups in total. The Labute approximate surface area is 166 Å². The minimum absolute atomic E-state index is 0.0722. The summed E-state index contributed by atoms with van der Waals surface area (Å²) in [6, 6.07) is 22.8. The van der Waals surface area contributed by atoms with Crippen LogP contribution in [0.5, 0.6) is 0 Å². The first-order valence-corrected chi connectivity index (χ1v) is 10.1. The van der Waals surface area contributed by atoms with Gasteiger partial charge in [-0.2, -0.15) is 0 Å². The summed E-state index contributed by atoms with van der Waals surface area (Å²) in [4.78, 5) is 21.4. The predicted molar refractivity (Wildman–Crippen MR) is 117 cm³/mol. The fourth-order valence-corrected chi connectivity index (χ4v) is 4.62. The van der Waals surface area contributed by atoms with Crippen molar-refractivity contribution in [3.8, 4) is 11.1 Å². The Balaban J connectivity index is 1.59. The molecule has 0 bridgehead atoms. The third kappa shape index (κ3) is 2.92. The van der Waals surface area contributed by atoms with E-state index in [-0.39, 0.29) is 5.56 Å². The second-order valence-corrected chi connectivity index (χ2v) is 7.88.